The molecule has 1 saturated carbocycles. The number of likely N-dealkylation sites (tertiary alicyclic amines) is 1. The van der Waals surface area contributed by atoms with E-state index in [1.54, 1.807) is 6.33 Å². The second kappa shape index (κ2) is 6.18. The average molecular weight is 393 g/mol. The van der Waals surface area contributed by atoms with Gasteiger partial charge in [0.25, 0.3) is 5.91 Å². The number of hydrogen-bond donors (Lipinski definition) is 0. The number of piperidine rings is 1. The standard InChI is InChI=1S/C23H28N4O2/c1-14(2)26-12-18(24-13-26)21(28)25-10-16-17(11-25)20(16)22(29)27-19-8-6-5-7-15(19)9-23(27,3)4/h5-8,12-14,16-17,20H,9-11H2,1-4H3/t16-,17+,20?. The van der Waals surface area contributed by atoms with Crippen molar-refractivity contribution in [2.75, 3.05) is 18.0 Å². The van der Waals surface area contributed by atoms with Crippen molar-refractivity contribution < 1.29 is 9.59 Å². The van der Waals surface area contributed by atoms with Gasteiger partial charge in [-0.2, -0.15) is 0 Å². The second-order valence-corrected chi connectivity index (χ2v) is 9.66. The van der Waals surface area contributed by atoms with Gasteiger partial charge < -0.3 is 14.4 Å². The lowest BCUT2D eigenvalue weighted by molar-refractivity contribution is -0.121. The molecule has 1 aliphatic carbocycles. The van der Waals surface area contributed by atoms with Crippen molar-refractivity contribution in [1.29, 1.82) is 0 Å². The SMILES string of the molecule is CC(C)n1cnc(C(=O)N2C[C@@H]3C(C(=O)N4c5ccccc5CC4(C)C)[C@@H]3C2)c1. The van der Waals surface area contributed by atoms with Crippen molar-refractivity contribution in [3.05, 3.63) is 48.0 Å². The highest BCUT2D eigenvalue weighted by Gasteiger charge is 2.62. The van der Waals surface area contributed by atoms with Crippen LogP contribution in [0.1, 0.15) is 49.8 Å². The van der Waals surface area contributed by atoms with Gasteiger partial charge in [0, 0.05) is 42.5 Å². The summed E-state index contributed by atoms with van der Waals surface area (Å²) in [5.41, 5.74) is 2.60. The molecule has 3 aliphatic rings. The number of rotatable bonds is 3. The van der Waals surface area contributed by atoms with Crippen LogP contribution < -0.4 is 4.90 Å². The van der Waals surface area contributed by atoms with E-state index in [0.717, 1.165) is 12.1 Å². The third kappa shape index (κ3) is 2.80. The first-order valence-electron chi connectivity index (χ1n) is 10.5. The van der Waals surface area contributed by atoms with Gasteiger partial charge >= 0.3 is 0 Å². The molecule has 0 bridgehead atoms. The Morgan fingerprint density at radius 2 is 1.83 bits per heavy atom. The molecule has 2 amide bonds. The molecule has 1 aromatic carbocycles. The van der Waals surface area contributed by atoms with E-state index in [9.17, 15) is 9.59 Å². The van der Waals surface area contributed by atoms with E-state index in [2.05, 4.69) is 44.8 Å². The van der Waals surface area contributed by atoms with Crippen molar-refractivity contribution in [1.82, 2.24) is 14.5 Å². The lowest BCUT2D eigenvalue weighted by Crippen LogP contribution is -2.47. The monoisotopic (exact) mass is 392 g/mol. The summed E-state index contributed by atoms with van der Waals surface area (Å²) in [5, 5.41) is 0. The maximum atomic E-state index is 13.4. The van der Waals surface area contributed by atoms with Crippen LogP contribution in [-0.4, -0.2) is 44.9 Å². The first-order valence-corrected chi connectivity index (χ1v) is 10.5. The minimum atomic E-state index is -0.198. The smallest absolute Gasteiger partial charge is 0.274 e. The van der Waals surface area contributed by atoms with E-state index in [0.29, 0.717) is 18.8 Å². The second-order valence-electron chi connectivity index (χ2n) is 9.66. The summed E-state index contributed by atoms with van der Waals surface area (Å²) in [6, 6.07) is 8.50. The summed E-state index contributed by atoms with van der Waals surface area (Å²) in [7, 11) is 0. The normalized spacial score (nSPS) is 26.6. The number of nitrogens with zero attached hydrogens (tertiary/aromatic N) is 4. The topological polar surface area (TPSA) is 58.4 Å². The van der Waals surface area contributed by atoms with Crippen LogP contribution in [0.25, 0.3) is 0 Å². The molecular weight excluding hydrogens is 364 g/mol. The summed E-state index contributed by atoms with van der Waals surface area (Å²) >= 11 is 0. The number of imidazole rings is 1. The van der Waals surface area contributed by atoms with Gasteiger partial charge in [-0.3, -0.25) is 9.59 Å². The van der Waals surface area contributed by atoms with Crippen molar-refractivity contribution in [3.8, 4) is 0 Å². The van der Waals surface area contributed by atoms with Crippen molar-refractivity contribution in [2.24, 2.45) is 17.8 Å². The van der Waals surface area contributed by atoms with Gasteiger partial charge in [-0.1, -0.05) is 18.2 Å². The minimum Gasteiger partial charge on any atom is -0.337 e. The van der Waals surface area contributed by atoms with Crippen LogP contribution in [0.15, 0.2) is 36.8 Å². The molecule has 1 unspecified atom stereocenters. The maximum absolute atomic E-state index is 13.4. The zero-order valence-electron chi connectivity index (χ0n) is 17.5. The molecule has 3 heterocycles. The number of hydrogen-bond acceptors (Lipinski definition) is 3. The molecule has 29 heavy (non-hydrogen) atoms. The fourth-order valence-corrected chi connectivity index (χ4v) is 5.27. The van der Waals surface area contributed by atoms with E-state index in [1.165, 1.54) is 5.56 Å². The molecule has 2 fully saturated rings. The van der Waals surface area contributed by atoms with E-state index >= 15 is 0 Å². The molecule has 0 radical (unpaired) electrons. The molecule has 2 aromatic rings. The summed E-state index contributed by atoms with van der Waals surface area (Å²) in [5.74, 6) is 0.808. The molecule has 152 valence electrons. The fourth-order valence-electron chi connectivity index (χ4n) is 5.27. The van der Waals surface area contributed by atoms with Crippen LogP contribution in [-0.2, 0) is 11.2 Å². The highest BCUT2D eigenvalue weighted by molar-refractivity contribution is 6.01. The summed E-state index contributed by atoms with van der Waals surface area (Å²) in [4.78, 5) is 34.4. The van der Waals surface area contributed by atoms with Crippen LogP contribution in [0.5, 0.6) is 0 Å². The van der Waals surface area contributed by atoms with Crippen LogP contribution >= 0.6 is 0 Å². The van der Waals surface area contributed by atoms with Gasteiger partial charge in [-0.25, -0.2) is 4.98 Å². The first-order chi connectivity index (χ1) is 13.8. The number of aromatic nitrogens is 2. The Labute approximate surface area is 171 Å². The summed E-state index contributed by atoms with van der Waals surface area (Å²) in [6.07, 6.45) is 4.43. The Balaban J connectivity index is 1.28. The van der Waals surface area contributed by atoms with E-state index in [1.807, 2.05) is 32.7 Å². The van der Waals surface area contributed by atoms with E-state index in [4.69, 9.17) is 0 Å². The highest BCUT2D eigenvalue weighted by Crippen LogP contribution is 2.54. The molecule has 0 N–H and O–H groups in total. The lowest BCUT2D eigenvalue weighted by atomic mass is 9.99. The quantitative estimate of drug-likeness (QED) is 0.806. The third-order valence-electron chi connectivity index (χ3n) is 6.86. The van der Waals surface area contributed by atoms with Crippen LogP contribution in [0.2, 0.25) is 0 Å². The first kappa shape index (κ1) is 18.4. The number of para-hydroxylation sites is 1. The number of amides is 2. The van der Waals surface area contributed by atoms with Crippen LogP contribution in [0, 0.1) is 17.8 Å². The Bertz CT molecular complexity index is 980. The fraction of sp³-hybridized carbons (Fsp3) is 0.522. The molecule has 1 aromatic heterocycles. The predicted molar refractivity (Wildman–Crippen MR) is 111 cm³/mol. The van der Waals surface area contributed by atoms with Crippen molar-refractivity contribution in [2.45, 2.75) is 45.7 Å². The average Bonchev–Trinajstić information content (AvgIpc) is 3.06. The molecule has 3 atom stereocenters. The Hall–Kier alpha value is -2.63. The van der Waals surface area contributed by atoms with Gasteiger partial charge in [0.05, 0.1) is 6.33 Å². The van der Waals surface area contributed by atoms with Crippen molar-refractivity contribution in [3.63, 3.8) is 0 Å². The van der Waals surface area contributed by atoms with Crippen LogP contribution in [0.4, 0.5) is 5.69 Å². The molecule has 5 rings (SSSR count). The van der Waals surface area contributed by atoms with Gasteiger partial charge in [0.15, 0.2) is 0 Å². The molecule has 2 aliphatic heterocycles. The maximum Gasteiger partial charge on any atom is 0.274 e. The van der Waals surface area contributed by atoms with E-state index < -0.39 is 0 Å². The Morgan fingerprint density at radius 1 is 1.14 bits per heavy atom. The number of anilines is 1. The highest BCUT2D eigenvalue weighted by atomic mass is 16.2. The molecule has 6 heteroatoms. The van der Waals surface area contributed by atoms with Gasteiger partial charge in [0.2, 0.25) is 5.91 Å². The zero-order valence-corrected chi connectivity index (χ0v) is 17.5. The minimum absolute atomic E-state index is 0.0188. The number of carbonyl (C=O) groups excluding carboxylic acids is 2. The predicted octanol–water partition coefficient (Wildman–Crippen LogP) is 3.15. The van der Waals surface area contributed by atoms with Crippen molar-refractivity contribution >= 4 is 17.5 Å². The van der Waals surface area contributed by atoms with Gasteiger partial charge in [0.1, 0.15) is 5.69 Å². The summed E-state index contributed by atoms with van der Waals surface area (Å²) < 4.78 is 1.95. The van der Waals surface area contributed by atoms with Gasteiger partial charge in [-0.15, -0.1) is 0 Å². The summed E-state index contributed by atoms with van der Waals surface area (Å²) in [6.45, 7) is 9.73. The number of benzene rings is 1. The Morgan fingerprint density at radius 3 is 2.48 bits per heavy atom. The lowest BCUT2D eigenvalue weighted by Gasteiger charge is -2.33. The Kier molecular flexibility index (Phi) is 3.92. The van der Waals surface area contributed by atoms with E-state index in [-0.39, 0.29) is 41.1 Å². The third-order valence-corrected chi connectivity index (χ3v) is 6.86. The number of fused-ring (bicyclic) bond motifs is 2. The largest absolute Gasteiger partial charge is 0.337 e. The molecule has 1 saturated heterocycles. The molecule has 0 spiro atoms. The molecular formula is C23H28N4O2. The zero-order chi connectivity index (χ0) is 20.5. The van der Waals surface area contributed by atoms with Crippen LogP contribution in [0.3, 0.4) is 0 Å². The molecule has 6 nitrogen and oxygen atoms in total. The number of carbonyl (C=O) groups is 2. The van der Waals surface area contributed by atoms with Gasteiger partial charge in [-0.05, 0) is 57.6 Å².